The second-order valence-electron chi connectivity index (χ2n) is 3.00. The van der Waals surface area contributed by atoms with E-state index in [1.165, 1.54) is 6.20 Å². The molecule has 78 valence electrons. The van der Waals surface area contributed by atoms with E-state index in [-0.39, 0.29) is 5.03 Å². The number of imidazole rings is 1. The van der Waals surface area contributed by atoms with Crippen molar-refractivity contribution in [3.05, 3.63) is 36.5 Å². The molecule has 2 aromatic rings. The first-order valence-corrected chi connectivity index (χ1v) is 5.75. The van der Waals surface area contributed by atoms with Crippen LogP contribution in [0.5, 0.6) is 0 Å². The van der Waals surface area contributed by atoms with E-state index in [0.717, 1.165) is 5.56 Å². The Morgan fingerprint density at radius 2 is 1.87 bits per heavy atom. The molecule has 1 aromatic heterocycles. The fraction of sp³-hybridized carbons (Fsp3) is 0. The minimum Gasteiger partial charge on any atom is -0.343 e. The Hall–Kier alpha value is -1.66. The zero-order valence-electron chi connectivity index (χ0n) is 7.71. The Labute approximate surface area is 87.0 Å². The lowest BCUT2D eigenvalue weighted by molar-refractivity contribution is 0.595. The zero-order valence-corrected chi connectivity index (χ0v) is 8.53. The van der Waals surface area contributed by atoms with Crippen molar-refractivity contribution in [1.82, 2.24) is 9.97 Å². The molecule has 3 N–H and O–H groups in total. The molecular formula is C9H9N3O2S. The minimum atomic E-state index is -3.73. The molecule has 5 nitrogen and oxygen atoms in total. The SMILES string of the molecule is NS(=O)(=O)c1c[nH]c(-c2ccccc2)n1. The second-order valence-corrected chi connectivity index (χ2v) is 4.51. The number of hydrogen-bond donors (Lipinski definition) is 2. The summed E-state index contributed by atoms with van der Waals surface area (Å²) in [6.07, 6.45) is 1.28. The monoisotopic (exact) mass is 223 g/mol. The van der Waals surface area contributed by atoms with E-state index in [9.17, 15) is 8.42 Å². The minimum absolute atomic E-state index is 0.152. The molecule has 0 aliphatic rings. The number of hydrogen-bond acceptors (Lipinski definition) is 3. The number of sulfonamides is 1. The van der Waals surface area contributed by atoms with Crippen LogP contribution in [0, 0.1) is 0 Å². The van der Waals surface area contributed by atoms with Crippen molar-refractivity contribution in [2.24, 2.45) is 5.14 Å². The molecule has 0 saturated heterocycles. The van der Waals surface area contributed by atoms with Crippen molar-refractivity contribution in [3.63, 3.8) is 0 Å². The van der Waals surface area contributed by atoms with Crippen molar-refractivity contribution in [3.8, 4) is 11.4 Å². The summed E-state index contributed by atoms with van der Waals surface area (Å²) in [5.41, 5.74) is 0.812. The highest BCUT2D eigenvalue weighted by Gasteiger charge is 2.12. The summed E-state index contributed by atoms with van der Waals surface area (Å²) < 4.78 is 21.9. The zero-order chi connectivity index (χ0) is 10.9. The number of primary sulfonamides is 1. The number of aromatic amines is 1. The topological polar surface area (TPSA) is 88.8 Å². The lowest BCUT2D eigenvalue weighted by Crippen LogP contribution is -2.12. The maximum Gasteiger partial charge on any atom is 0.257 e. The van der Waals surface area contributed by atoms with Gasteiger partial charge in [-0.25, -0.2) is 18.5 Å². The Morgan fingerprint density at radius 3 is 2.40 bits per heavy atom. The van der Waals surface area contributed by atoms with Gasteiger partial charge in [0.15, 0.2) is 5.03 Å². The first kappa shape index (κ1) is 9.88. The van der Waals surface area contributed by atoms with Crippen LogP contribution in [0.25, 0.3) is 11.4 Å². The summed E-state index contributed by atoms with van der Waals surface area (Å²) in [6, 6.07) is 9.20. The van der Waals surface area contributed by atoms with Crippen LogP contribution in [0.15, 0.2) is 41.6 Å². The van der Waals surface area contributed by atoms with Crippen molar-refractivity contribution in [2.75, 3.05) is 0 Å². The van der Waals surface area contributed by atoms with Crippen molar-refractivity contribution < 1.29 is 8.42 Å². The van der Waals surface area contributed by atoms with Gasteiger partial charge in [-0.2, -0.15) is 0 Å². The van der Waals surface area contributed by atoms with Gasteiger partial charge in [-0.05, 0) is 0 Å². The van der Waals surface area contributed by atoms with Gasteiger partial charge in [-0.1, -0.05) is 30.3 Å². The van der Waals surface area contributed by atoms with E-state index in [0.29, 0.717) is 5.82 Å². The number of benzene rings is 1. The normalized spacial score (nSPS) is 11.5. The molecule has 1 heterocycles. The molecule has 6 heteroatoms. The largest absolute Gasteiger partial charge is 0.343 e. The van der Waals surface area contributed by atoms with Gasteiger partial charge >= 0.3 is 0 Å². The summed E-state index contributed by atoms with van der Waals surface area (Å²) in [6.45, 7) is 0. The molecule has 0 saturated carbocycles. The van der Waals surface area contributed by atoms with Gasteiger partial charge in [0.05, 0.1) is 0 Å². The van der Waals surface area contributed by atoms with Crippen LogP contribution < -0.4 is 5.14 Å². The molecule has 0 aliphatic carbocycles. The van der Waals surface area contributed by atoms with E-state index < -0.39 is 10.0 Å². The highest BCUT2D eigenvalue weighted by Crippen LogP contribution is 2.15. The smallest absolute Gasteiger partial charge is 0.257 e. The summed E-state index contributed by atoms with van der Waals surface area (Å²) in [7, 11) is -3.73. The number of nitrogens with zero attached hydrogens (tertiary/aromatic N) is 1. The number of H-pyrrole nitrogens is 1. The van der Waals surface area contributed by atoms with E-state index in [1.54, 1.807) is 0 Å². The molecule has 0 unspecified atom stereocenters. The van der Waals surface area contributed by atoms with Gasteiger partial charge in [0.2, 0.25) is 0 Å². The lowest BCUT2D eigenvalue weighted by atomic mass is 10.2. The summed E-state index contributed by atoms with van der Waals surface area (Å²) in [4.78, 5) is 6.64. The van der Waals surface area contributed by atoms with E-state index in [4.69, 9.17) is 5.14 Å². The maximum atomic E-state index is 11.0. The summed E-state index contributed by atoms with van der Waals surface area (Å²) in [5.74, 6) is 0.486. The van der Waals surface area contributed by atoms with Gasteiger partial charge in [-0.15, -0.1) is 0 Å². The summed E-state index contributed by atoms with van der Waals surface area (Å²) in [5, 5.41) is 4.79. The third-order valence-electron chi connectivity index (χ3n) is 1.89. The molecule has 0 fully saturated rings. The van der Waals surface area contributed by atoms with Crippen molar-refractivity contribution >= 4 is 10.0 Å². The van der Waals surface area contributed by atoms with E-state index in [1.807, 2.05) is 30.3 Å². The fourth-order valence-electron chi connectivity index (χ4n) is 1.19. The van der Waals surface area contributed by atoms with Crippen LogP contribution >= 0.6 is 0 Å². The number of nitrogens with two attached hydrogens (primary N) is 1. The van der Waals surface area contributed by atoms with Crippen LogP contribution in [0.1, 0.15) is 0 Å². The molecule has 0 spiro atoms. The first-order valence-electron chi connectivity index (χ1n) is 4.21. The Bertz CT molecular complexity index is 560. The fourth-order valence-corrected chi connectivity index (χ4v) is 1.64. The van der Waals surface area contributed by atoms with E-state index >= 15 is 0 Å². The molecule has 2 rings (SSSR count). The number of rotatable bonds is 2. The van der Waals surface area contributed by atoms with Crippen molar-refractivity contribution in [1.29, 1.82) is 0 Å². The second kappa shape index (κ2) is 3.48. The van der Waals surface area contributed by atoms with Gasteiger partial charge in [0.1, 0.15) is 5.82 Å². The average Bonchev–Trinajstić information content (AvgIpc) is 2.67. The molecule has 0 amide bonds. The maximum absolute atomic E-state index is 11.0. The quantitative estimate of drug-likeness (QED) is 0.786. The number of nitrogens with one attached hydrogen (secondary N) is 1. The molecule has 0 atom stereocenters. The van der Waals surface area contributed by atoms with Gasteiger partial charge < -0.3 is 4.98 Å². The van der Waals surface area contributed by atoms with Crippen molar-refractivity contribution in [2.45, 2.75) is 5.03 Å². The lowest BCUT2D eigenvalue weighted by Gasteiger charge is -1.93. The molecule has 15 heavy (non-hydrogen) atoms. The van der Waals surface area contributed by atoms with Gasteiger partial charge in [0, 0.05) is 11.8 Å². The third kappa shape index (κ3) is 2.05. The Morgan fingerprint density at radius 1 is 1.20 bits per heavy atom. The van der Waals surface area contributed by atoms with Crippen LogP contribution in [0.3, 0.4) is 0 Å². The van der Waals surface area contributed by atoms with Gasteiger partial charge in [-0.3, -0.25) is 0 Å². The van der Waals surface area contributed by atoms with Crippen LogP contribution in [0.4, 0.5) is 0 Å². The molecule has 0 aliphatic heterocycles. The Balaban J connectivity index is 2.46. The predicted octanol–water partition coefficient (Wildman–Crippen LogP) is 0.724. The van der Waals surface area contributed by atoms with Crippen LogP contribution in [0.2, 0.25) is 0 Å². The number of aromatic nitrogens is 2. The summed E-state index contributed by atoms with van der Waals surface area (Å²) >= 11 is 0. The molecular weight excluding hydrogens is 214 g/mol. The predicted molar refractivity (Wildman–Crippen MR) is 55.4 cm³/mol. The highest BCUT2D eigenvalue weighted by atomic mass is 32.2. The van der Waals surface area contributed by atoms with E-state index in [2.05, 4.69) is 9.97 Å². The third-order valence-corrected chi connectivity index (χ3v) is 2.69. The standard InChI is InChI=1S/C9H9N3O2S/c10-15(13,14)8-6-11-9(12-8)7-4-2-1-3-5-7/h1-6H,(H,11,12)(H2,10,13,14). The first-order chi connectivity index (χ1) is 7.07. The highest BCUT2D eigenvalue weighted by molar-refractivity contribution is 7.89. The van der Waals surface area contributed by atoms with Crippen LogP contribution in [-0.4, -0.2) is 18.4 Å². The average molecular weight is 223 g/mol. The molecule has 1 aromatic carbocycles. The molecule has 0 radical (unpaired) electrons. The molecule has 0 bridgehead atoms. The van der Waals surface area contributed by atoms with Gasteiger partial charge in [0.25, 0.3) is 10.0 Å². The van der Waals surface area contributed by atoms with Crippen LogP contribution in [-0.2, 0) is 10.0 Å². The Kier molecular flexibility index (Phi) is 2.29.